The molecule has 2 amide bonds. The molecule has 0 saturated heterocycles. The summed E-state index contributed by atoms with van der Waals surface area (Å²) in [6.45, 7) is 1.14. The minimum atomic E-state index is -0.281. The van der Waals surface area contributed by atoms with Gasteiger partial charge in [0.2, 0.25) is 5.91 Å². The van der Waals surface area contributed by atoms with Gasteiger partial charge in [0.15, 0.2) is 0 Å². The van der Waals surface area contributed by atoms with Crippen LogP contribution in [0.3, 0.4) is 0 Å². The van der Waals surface area contributed by atoms with Gasteiger partial charge < -0.3 is 10.6 Å². The maximum atomic E-state index is 12.2. The van der Waals surface area contributed by atoms with Crippen LogP contribution in [0.15, 0.2) is 54.6 Å². The summed E-state index contributed by atoms with van der Waals surface area (Å²) in [7, 11) is 0. The summed E-state index contributed by atoms with van der Waals surface area (Å²) >= 11 is 0. The minimum absolute atomic E-state index is 0.162. The Morgan fingerprint density at radius 1 is 1.00 bits per heavy atom. The van der Waals surface area contributed by atoms with Gasteiger partial charge in [0.05, 0.1) is 0 Å². The van der Waals surface area contributed by atoms with Gasteiger partial charge in [-0.1, -0.05) is 24.3 Å². The van der Waals surface area contributed by atoms with Crippen molar-refractivity contribution in [3.8, 4) is 0 Å². The van der Waals surface area contributed by atoms with E-state index in [1.807, 2.05) is 6.07 Å². The standard InChI is InChI=1S/C18H17N2O3/c1-13(22)19-16-9-7-15(8-10-16)18(23)20-17-6-2-4-14(12-17)5-3-11-21/h2-10,12H,11H2,1H3,(H,19,22)(H,20,23)/b5-3+. The minimum Gasteiger partial charge on any atom is -0.326 e. The van der Waals surface area contributed by atoms with E-state index in [4.69, 9.17) is 0 Å². The van der Waals surface area contributed by atoms with Gasteiger partial charge in [-0.2, -0.15) is 0 Å². The lowest BCUT2D eigenvalue weighted by molar-refractivity contribution is -0.114. The van der Waals surface area contributed by atoms with E-state index in [0.29, 0.717) is 16.9 Å². The van der Waals surface area contributed by atoms with Crippen molar-refractivity contribution in [1.82, 2.24) is 0 Å². The smallest absolute Gasteiger partial charge is 0.255 e. The normalized spacial score (nSPS) is 10.5. The van der Waals surface area contributed by atoms with Crippen LogP contribution in [0.5, 0.6) is 0 Å². The molecule has 5 nitrogen and oxygen atoms in total. The summed E-state index contributed by atoms with van der Waals surface area (Å²) in [5, 5.41) is 15.9. The molecule has 0 aliphatic rings. The Morgan fingerprint density at radius 3 is 2.39 bits per heavy atom. The second-order valence-corrected chi connectivity index (χ2v) is 4.91. The van der Waals surface area contributed by atoms with E-state index < -0.39 is 0 Å². The molecule has 0 saturated carbocycles. The fourth-order valence-corrected chi connectivity index (χ4v) is 2.02. The molecule has 2 aromatic rings. The first-order valence-corrected chi connectivity index (χ1v) is 7.12. The molecule has 0 aliphatic heterocycles. The van der Waals surface area contributed by atoms with Crippen molar-refractivity contribution in [3.63, 3.8) is 0 Å². The van der Waals surface area contributed by atoms with Crippen LogP contribution in [-0.4, -0.2) is 18.4 Å². The van der Waals surface area contributed by atoms with E-state index in [1.165, 1.54) is 13.0 Å². The summed E-state index contributed by atoms with van der Waals surface area (Å²) < 4.78 is 0. The number of anilines is 2. The fraction of sp³-hybridized carbons (Fsp3) is 0.111. The maximum Gasteiger partial charge on any atom is 0.255 e. The summed E-state index contributed by atoms with van der Waals surface area (Å²) in [5.41, 5.74) is 2.62. The van der Waals surface area contributed by atoms with Crippen molar-refractivity contribution < 1.29 is 14.7 Å². The summed E-state index contributed by atoms with van der Waals surface area (Å²) in [4.78, 5) is 23.2. The molecule has 23 heavy (non-hydrogen) atoms. The molecule has 2 N–H and O–H groups in total. The highest BCUT2D eigenvalue weighted by Gasteiger charge is 2.06. The topological polar surface area (TPSA) is 78.1 Å². The molecule has 0 bridgehead atoms. The molecule has 5 heteroatoms. The van der Waals surface area contributed by atoms with Crippen molar-refractivity contribution in [2.75, 3.05) is 17.2 Å². The molecule has 117 valence electrons. The number of nitrogens with one attached hydrogen (secondary N) is 2. The lowest BCUT2D eigenvalue weighted by Crippen LogP contribution is -2.12. The summed E-state index contributed by atoms with van der Waals surface area (Å²) in [5.74, 6) is -0.408. The van der Waals surface area contributed by atoms with Gasteiger partial charge in [0.1, 0.15) is 6.61 Å². The zero-order chi connectivity index (χ0) is 16.7. The van der Waals surface area contributed by atoms with E-state index >= 15 is 0 Å². The molecule has 0 fully saturated rings. The largest absolute Gasteiger partial charge is 0.326 e. The Labute approximate surface area is 134 Å². The molecule has 2 rings (SSSR count). The van der Waals surface area contributed by atoms with Crippen LogP contribution in [-0.2, 0) is 9.90 Å². The predicted molar refractivity (Wildman–Crippen MR) is 89.7 cm³/mol. The highest BCUT2D eigenvalue weighted by Crippen LogP contribution is 2.15. The zero-order valence-electron chi connectivity index (χ0n) is 12.7. The van der Waals surface area contributed by atoms with E-state index in [2.05, 4.69) is 10.6 Å². The van der Waals surface area contributed by atoms with E-state index in [9.17, 15) is 14.7 Å². The lowest BCUT2D eigenvalue weighted by atomic mass is 10.1. The maximum absolute atomic E-state index is 12.2. The van der Waals surface area contributed by atoms with Gasteiger partial charge in [0, 0.05) is 23.9 Å². The highest BCUT2D eigenvalue weighted by atomic mass is 16.2. The first-order valence-electron chi connectivity index (χ1n) is 7.12. The van der Waals surface area contributed by atoms with Crippen LogP contribution in [0.4, 0.5) is 11.4 Å². The summed E-state index contributed by atoms with van der Waals surface area (Å²) in [6.07, 6.45) is 3.23. The van der Waals surface area contributed by atoms with Gasteiger partial charge >= 0.3 is 0 Å². The van der Waals surface area contributed by atoms with Gasteiger partial charge in [-0.3, -0.25) is 9.59 Å². The molecule has 0 spiro atoms. The lowest BCUT2D eigenvalue weighted by Gasteiger charge is -2.07. The van der Waals surface area contributed by atoms with Crippen LogP contribution < -0.4 is 10.6 Å². The first kappa shape index (κ1) is 16.5. The molecule has 0 unspecified atom stereocenters. The number of benzene rings is 2. The molecule has 0 heterocycles. The highest BCUT2D eigenvalue weighted by molar-refractivity contribution is 6.04. The molecular weight excluding hydrogens is 292 g/mol. The van der Waals surface area contributed by atoms with Crippen molar-refractivity contribution in [2.24, 2.45) is 0 Å². The van der Waals surface area contributed by atoms with Gasteiger partial charge in [-0.05, 0) is 42.0 Å². The Balaban J connectivity index is 2.06. The van der Waals surface area contributed by atoms with Crippen molar-refractivity contribution in [3.05, 3.63) is 65.7 Å². The van der Waals surface area contributed by atoms with Gasteiger partial charge in [-0.25, -0.2) is 5.11 Å². The molecule has 0 aliphatic carbocycles. The third-order valence-electron chi connectivity index (χ3n) is 3.02. The molecule has 1 radical (unpaired) electrons. The third-order valence-corrected chi connectivity index (χ3v) is 3.02. The van der Waals surface area contributed by atoms with Crippen LogP contribution >= 0.6 is 0 Å². The average Bonchev–Trinajstić information content (AvgIpc) is 2.53. The Hall–Kier alpha value is -2.92. The van der Waals surface area contributed by atoms with E-state index in [0.717, 1.165) is 5.56 Å². The van der Waals surface area contributed by atoms with Crippen molar-refractivity contribution in [1.29, 1.82) is 0 Å². The number of rotatable bonds is 5. The number of carbonyl (C=O) groups excluding carboxylic acids is 2. The SMILES string of the molecule is CC(=O)Nc1ccc(C(=O)Nc2cccc(/C=C/C[O])c2)cc1. The van der Waals surface area contributed by atoms with E-state index in [1.54, 1.807) is 48.5 Å². The number of carbonyl (C=O) groups is 2. The Bertz CT molecular complexity index is 721. The van der Waals surface area contributed by atoms with E-state index in [-0.39, 0.29) is 18.4 Å². The number of hydrogen-bond donors (Lipinski definition) is 2. The molecular formula is C18H17N2O3. The second kappa shape index (κ2) is 7.91. The fourth-order valence-electron chi connectivity index (χ4n) is 2.02. The molecule has 0 atom stereocenters. The third kappa shape index (κ3) is 5.09. The number of hydrogen-bond acceptors (Lipinski definition) is 2. The monoisotopic (exact) mass is 309 g/mol. The first-order chi connectivity index (χ1) is 11.1. The molecule has 2 aromatic carbocycles. The van der Waals surface area contributed by atoms with Crippen molar-refractivity contribution >= 4 is 29.3 Å². The van der Waals surface area contributed by atoms with Crippen LogP contribution in [0.1, 0.15) is 22.8 Å². The Morgan fingerprint density at radius 2 is 1.74 bits per heavy atom. The van der Waals surface area contributed by atoms with Gasteiger partial charge in [-0.15, -0.1) is 0 Å². The second-order valence-electron chi connectivity index (χ2n) is 4.91. The average molecular weight is 309 g/mol. The zero-order valence-corrected chi connectivity index (χ0v) is 12.7. The molecule has 0 aromatic heterocycles. The van der Waals surface area contributed by atoms with Crippen LogP contribution in [0.2, 0.25) is 0 Å². The quantitative estimate of drug-likeness (QED) is 0.888. The Kier molecular flexibility index (Phi) is 5.66. The summed E-state index contributed by atoms with van der Waals surface area (Å²) in [6, 6.07) is 13.8. The van der Waals surface area contributed by atoms with Crippen molar-refractivity contribution in [2.45, 2.75) is 6.92 Å². The van der Waals surface area contributed by atoms with Crippen LogP contribution in [0.25, 0.3) is 6.08 Å². The number of amides is 2. The van der Waals surface area contributed by atoms with Crippen LogP contribution in [0, 0.1) is 0 Å². The predicted octanol–water partition coefficient (Wildman–Crippen LogP) is 3.34. The van der Waals surface area contributed by atoms with Gasteiger partial charge in [0.25, 0.3) is 5.91 Å².